The van der Waals surface area contributed by atoms with E-state index < -0.39 is 47.6 Å². The van der Waals surface area contributed by atoms with E-state index in [1.165, 1.54) is 11.3 Å². The fraction of sp³-hybridized carbons (Fsp3) is 0.512. The summed E-state index contributed by atoms with van der Waals surface area (Å²) in [5.41, 5.74) is 4.31. The SMILES string of the molecule is CCC[C@@H](NC(=O)C1C[C@]2(C=C(c3cccc(Cl)c3)NO2)CN1C(=O)[C@H](Cc1csc2ccccc12)NC(=O)CC1CCCCC1)C(O)C(=O)NC1CC1. The van der Waals surface area contributed by atoms with Crippen LogP contribution in [0.4, 0.5) is 0 Å². The summed E-state index contributed by atoms with van der Waals surface area (Å²) in [7, 11) is 0. The summed E-state index contributed by atoms with van der Waals surface area (Å²) in [6.07, 6.45) is 9.20. The van der Waals surface area contributed by atoms with Gasteiger partial charge in [0.15, 0.2) is 6.10 Å². The number of aliphatic hydroxyl groups excluding tert-OH is 1. The van der Waals surface area contributed by atoms with Crippen molar-refractivity contribution in [2.24, 2.45) is 5.92 Å². The zero-order chi connectivity index (χ0) is 37.8. The highest BCUT2D eigenvalue weighted by Crippen LogP contribution is 2.39. The maximum Gasteiger partial charge on any atom is 0.251 e. The molecule has 7 rings (SSSR count). The van der Waals surface area contributed by atoms with Crippen molar-refractivity contribution in [3.8, 4) is 0 Å². The summed E-state index contributed by atoms with van der Waals surface area (Å²) < 4.78 is 1.08. The first-order valence-electron chi connectivity index (χ1n) is 19.4. The van der Waals surface area contributed by atoms with Crippen LogP contribution >= 0.6 is 22.9 Å². The average Bonchev–Trinajstić information content (AvgIpc) is 3.56. The van der Waals surface area contributed by atoms with Crippen LogP contribution in [-0.2, 0) is 30.4 Å². The second-order valence-electron chi connectivity index (χ2n) is 15.4. The Balaban J connectivity index is 1.19. The Morgan fingerprint density at radius 1 is 1.06 bits per heavy atom. The predicted octanol–water partition coefficient (Wildman–Crippen LogP) is 5.39. The monoisotopic (exact) mass is 775 g/mol. The summed E-state index contributed by atoms with van der Waals surface area (Å²) in [6.45, 7) is 1.95. The lowest BCUT2D eigenvalue weighted by Gasteiger charge is -2.31. The number of fused-ring (bicyclic) bond motifs is 1. The number of halogens is 1. The molecule has 0 radical (unpaired) electrons. The van der Waals surface area contributed by atoms with Gasteiger partial charge < -0.3 is 26.0 Å². The van der Waals surface area contributed by atoms with Crippen molar-refractivity contribution in [3.63, 3.8) is 0 Å². The number of amides is 4. The zero-order valence-corrected chi connectivity index (χ0v) is 32.2. The molecular weight excluding hydrogens is 726 g/mol. The summed E-state index contributed by atoms with van der Waals surface area (Å²) in [4.78, 5) is 63.7. The van der Waals surface area contributed by atoms with Crippen LogP contribution in [0.1, 0.15) is 88.7 Å². The van der Waals surface area contributed by atoms with E-state index in [0.29, 0.717) is 30.0 Å². The molecule has 1 saturated heterocycles. The second-order valence-corrected chi connectivity index (χ2v) is 16.8. The minimum atomic E-state index is -1.45. The number of hydrogen-bond donors (Lipinski definition) is 5. The van der Waals surface area contributed by atoms with E-state index in [-0.39, 0.29) is 37.3 Å². The highest BCUT2D eigenvalue weighted by atomic mass is 35.5. The molecule has 2 aliphatic heterocycles. The van der Waals surface area contributed by atoms with Gasteiger partial charge in [-0.15, -0.1) is 11.3 Å². The molecule has 4 amide bonds. The van der Waals surface area contributed by atoms with Crippen LogP contribution in [0, 0.1) is 5.92 Å². The van der Waals surface area contributed by atoms with E-state index in [9.17, 15) is 24.3 Å². The van der Waals surface area contributed by atoms with Crippen molar-refractivity contribution >= 4 is 62.3 Å². The molecule has 1 spiro atoms. The van der Waals surface area contributed by atoms with E-state index in [1.807, 2.05) is 54.8 Å². The summed E-state index contributed by atoms with van der Waals surface area (Å²) in [5, 5.41) is 23.6. The van der Waals surface area contributed by atoms with E-state index in [4.69, 9.17) is 16.4 Å². The normalized spacial score (nSPS) is 23.1. The minimum absolute atomic E-state index is 0.0313. The van der Waals surface area contributed by atoms with Gasteiger partial charge in [-0.05, 0) is 78.6 Å². The number of thiophene rings is 1. The Labute approximate surface area is 325 Å². The molecule has 1 aromatic heterocycles. The number of rotatable bonds is 14. The van der Waals surface area contributed by atoms with Crippen LogP contribution in [0.2, 0.25) is 5.02 Å². The molecule has 2 aliphatic carbocycles. The molecule has 54 heavy (non-hydrogen) atoms. The predicted molar refractivity (Wildman–Crippen MR) is 209 cm³/mol. The van der Waals surface area contributed by atoms with Gasteiger partial charge in [0.05, 0.1) is 18.3 Å². The molecule has 3 aromatic rings. The number of aliphatic hydroxyl groups is 1. The Kier molecular flexibility index (Phi) is 11.9. The zero-order valence-electron chi connectivity index (χ0n) is 30.7. The molecule has 5 atom stereocenters. The average molecular weight is 776 g/mol. The third kappa shape index (κ3) is 8.94. The van der Waals surface area contributed by atoms with Gasteiger partial charge in [-0.1, -0.05) is 74.5 Å². The van der Waals surface area contributed by atoms with Crippen LogP contribution in [0.15, 0.2) is 60.0 Å². The number of likely N-dealkylation sites (tertiary alicyclic amines) is 1. The van der Waals surface area contributed by atoms with Crippen molar-refractivity contribution in [2.75, 3.05) is 6.54 Å². The topological polar surface area (TPSA) is 149 Å². The molecule has 2 unspecified atom stereocenters. The fourth-order valence-electron chi connectivity index (χ4n) is 8.14. The Bertz CT molecular complexity index is 1890. The summed E-state index contributed by atoms with van der Waals surface area (Å²) in [5.74, 6) is -1.32. The van der Waals surface area contributed by atoms with Gasteiger partial charge in [0.2, 0.25) is 17.7 Å². The number of nitrogens with one attached hydrogen (secondary N) is 4. The first kappa shape index (κ1) is 38.3. The summed E-state index contributed by atoms with van der Waals surface area (Å²) >= 11 is 7.89. The third-order valence-corrected chi connectivity index (χ3v) is 12.4. The molecule has 4 aliphatic rings. The van der Waals surface area contributed by atoms with Crippen LogP contribution in [0.25, 0.3) is 15.8 Å². The Morgan fingerprint density at radius 2 is 1.85 bits per heavy atom. The van der Waals surface area contributed by atoms with E-state index >= 15 is 0 Å². The molecule has 11 nitrogen and oxygen atoms in total. The lowest BCUT2D eigenvalue weighted by molar-refractivity contribution is -0.142. The smallest absolute Gasteiger partial charge is 0.251 e. The molecule has 2 saturated carbocycles. The molecule has 0 bridgehead atoms. The van der Waals surface area contributed by atoms with Gasteiger partial charge in [-0.25, -0.2) is 0 Å². The molecule has 2 aromatic carbocycles. The first-order valence-corrected chi connectivity index (χ1v) is 20.6. The first-order chi connectivity index (χ1) is 26.1. The number of nitrogens with zero attached hydrogens (tertiary/aromatic N) is 1. The number of hydroxylamine groups is 1. The fourth-order valence-corrected chi connectivity index (χ4v) is 9.30. The maximum absolute atomic E-state index is 15.0. The molecule has 3 fully saturated rings. The summed E-state index contributed by atoms with van der Waals surface area (Å²) in [6, 6.07) is 12.5. The van der Waals surface area contributed by atoms with Crippen molar-refractivity contribution in [3.05, 3.63) is 76.1 Å². The van der Waals surface area contributed by atoms with Gasteiger partial charge in [-0.3, -0.25) is 29.5 Å². The number of benzene rings is 2. The highest BCUT2D eigenvalue weighted by Gasteiger charge is 2.53. The standard InChI is InChI=1S/C41H50ClN5O6S/c1-2-9-31(37(49)39(51)43-29-16-17-29)45-38(50)34-22-41(21-33(46-53-41)26-12-8-13-28(42)19-26)24-47(34)40(52)32(44-36(48)18-25-10-4-3-5-11-25)20-27-23-54-35-15-7-6-14-30(27)35/h6-8,12-15,19,21,23,25,29,31-32,34,37,46,49H,2-5,9-11,16-18,20,22,24H2,1H3,(H,43,51)(H,44,48)(H,45,50)/t31-,32+,34?,37?,41-/m1/s1. The molecule has 288 valence electrons. The van der Waals surface area contributed by atoms with E-state index in [0.717, 1.165) is 59.7 Å². The van der Waals surface area contributed by atoms with Gasteiger partial charge in [0.1, 0.15) is 17.7 Å². The quantitative estimate of drug-likeness (QED) is 0.148. The molecular formula is C41H50ClN5O6S. The number of hydrogen-bond acceptors (Lipinski definition) is 8. The van der Waals surface area contributed by atoms with Gasteiger partial charge >= 0.3 is 0 Å². The Hall–Kier alpha value is -3.97. The van der Waals surface area contributed by atoms with Crippen LogP contribution in [0.5, 0.6) is 0 Å². The van der Waals surface area contributed by atoms with Crippen molar-refractivity contribution in [1.82, 2.24) is 26.3 Å². The largest absolute Gasteiger partial charge is 0.381 e. The van der Waals surface area contributed by atoms with Crippen molar-refractivity contribution < 1.29 is 29.1 Å². The lowest BCUT2D eigenvalue weighted by atomic mass is 9.86. The van der Waals surface area contributed by atoms with E-state index in [1.54, 1.807) is 23.5 Å². The number of carbonyl (C=O) groups excluding carboxylic acids is 4. The van der Waals surface area contributed by atoms with Crippen molar-refractivity contribution in [1.29, 1.82) is 0 Å². The van der Waals surface area contributed by atoms with Gasteiger partial charge in [0.25, 0.3) is 5.91 Å². The second kappa shape index (κ2) is 16.8. The third-order valence-electron chi connectivity index (χ3n) is 11.2. The van der Waals surface area contributed by atoms with E-state index in [2.05, 4.69) is 21.4 Å². The lowest BCUT2D eigenvalue weighted by Crippen LogP contribution is -2.57. The number of carbonyl (C=O) groups is 4. The van der Waals surface area contributed by atoms with Crippen molar-refractivity contribution in [2.45, 2.75) is 120 Å². The van der Waals surface area contributed by atoms with Crippen LogP contribution < -0.4 is 21.4 Å². The Morgan fingerprint density at radius 3 is 2.61 bits per heavy atom. The highest BCUT2D eigenvalue weighted by molar-refractivity contribution is 7.17. The minimum Gasteiger partial charge on any atom is -0.381 e. The molecule has 13 heteroatoms. The molecule has 5 N–H and O–H groups in total. The maximum atomic E-state index is 15.0. The van der Waals surface area contributed by atoms with Crippen LogP contribution in [-0.4, -0.2) is 76.1 Å². The van der Waals surface area contributed by atoms with Crippen LogP contribution in [0.3, 0.4) is 0 Å². The van der Waals surface area contributed by atoms with Gasteiger partial charge in [0, 0.05) is 40.6 Å². The molecule has 3 heterocycles. The van der Waals surface area contributed by atoms with Gasteiger partial charge in [-0.2, -0.15) is 0 Å².